The first-order valence-electron chi connectivity index (χ1n) is 8.03. The van der Waals surface area contributed by atoms with Gasteiger partial charge in [-0.3, -0.25) is 4.79 Å². The Morgan fingerprint density at radius 3 is 1.95 bits per heavy atom. The number of esters is 1. The lowest BCUT2D eigenvalue weighted by Gasteiger charge is -1.99. The van der Waals surface area contributed by atoms with Gasteiger partial charge in [-0.15, -0.1) is 0 Å². The van der Waals surface area contributed by atoms with E-state index in [9.17, 15) is 4.79 Å². The van der Waals surface area contributed by atoms with Gasteiger partial charge in [0, 0.05) is 6.42 Å². The van der Waals surface area contributed by atoms with Crippen molar-refractivity contribution in [2.24, 2.45) is 0 Å². The monoisotopic (exact) mass is 268 g/mol. The molecule has 0 amide bonds. The molecule has 0 heterocycles. The lowest BCUT2D eigenvalue weighted by atomic mass is 10.1. The fourth-order valence-corrected chi connectivity index (χ4v) is 2.09. The van der Waals surface area contributed by atoms with Crippen molar-refractivity contribution in [1.82, 2.24) is 0 Å². The number of hydrogen-bond donors (Lipinski definition) is 0. The van der Waals surface area contributed by atoms with E-state index in [-0.39, 0.29) is 5.97 Å². The number of unbranched alkanes of at least 4 members (excludes halogenated alkanes) is 9. The average Bonchev–Trinajstić information content (AvgIpc) is 2.43. The first-order valence-corrected chi connectivity index (χ1v) is 8.03. The molecule has 0 aliphatic rings. The third kappa shape index (κ3) is 15.2. The number of carbonyl (C=O) groups is 1. The molecule has 0 N–H and O–H groups in total. The normalized spacial score (nSPS) is 11.1. The molecule has 0 fully saturated rings. The minimum atomic E-state index is -0.0846. The van der Waals surface area contributed by atoms with E-state index >= 15 is 0 Å². The number of allylic oxidation sites excluding steroid dienone is 2. The molecule has 112 valence electrons. The Morgan fingerprint density at radius 1 is 0.842 bits per heavy atom. The van der Waals surface area contributed by atoms with Gasteiger partial charge in [0.05, 0.1) is 7.11 Å². The predicted molar refractivity (Wildman–Crippen MR) is 82.2 cm³/mol. The van der Waals surface area contributed by atoms with Crippen molar-refractivity contribution in [3.63, 3.8) is 0 Å². The largest absolute Gasteiger partial charge is 0.469 e. The fourth-order valence-electron chi connectivity index (χ4n) is 2.09. The molecule has 0 unspecified atom stereocenters. The van der Waals surface area contributed by atoms with Crippen molar-refractivity contribution in [1.29, 1.82) is 0 Å². The molecule has 2 nitrogen and oxygen atoms in total. The van der Waals surface area contributed by atoms with Crippen LogP contribution in [-0.4, -0.2) is 13.1 Å². The minimum Gasteiger partial charge on any atom is -0.469 e. The van der Waals surface area contributed by atoms with Gasteiger partial charge in [-0.1, -0.05) is 57.6 Å². The van der Waals surface area contributed by atoms with E-state index in [0.717, 1.165) is 19.3 Å². The summed E-state index contributed by atoms with van der Waals surface area (Å²) in [5, 5.41) is 0. The maximum Gasteiger partial charge on any atom is 0.305 e. The molecule has 0 atom stereocenters. The number of rotatable bonds is 13. The van der Waals surface area contributed by atoms with Crippen LogP contribution in [0, 0.1) is 0 Å². The summed E-state index contributed by atoms with van der Waals surface area (Å²) in [6, 6.07) is 0. The molecule has 2 heteroatoms. The van der Waals surface area contributed by atoms with Gasteiger partial charge in [0.15, 0.2) is 0 Å². The number of carbonyl (C=O) groups excluding carboxylic acids is 1. The van der Waals surface area contributed by atoms with Crippen molar-refractivity contribution in [2.75, 3.05) is 7.11 Å². The summed E-state index contributed by atoms with van der Waals surface area (Å²) in [6.07, 6.45) is 19.1. The number of methoxy groups -OCH3 is 1. The van der Waals surface area contributed by atoms with Crippen LogP contribution in [0.2, 0.25) is 0 Å². The molecule has 0 bridgehead atoms. The van der Waals surface area contributed by atoms with Crippen LogP contribution in [0.1, 0.15) is 84.0 Å². The van der Waals surface area contributed by atoms with Crippen molar-refractivity contribution in [3.05, 3.63) is 12.2 Å². The molecule has 0 aliphatic heterocycles. The van der Waals surface area contributed by atoms with Gasteiger partial charge in [0.2, 0.25) is 0 Å². The first-order chi connectivity index (χ1) is 9.31. The molecular weight excluding hydrogens is 236 g/mol. The zero-order valence-corrected chi connectivity index (χ0v) is 13.0. The second-order valence-corrected chi connectivity index (χ2v) is 5.20. The van der Waals surface area contributed by atoms with Crippen molar-refractivity contribution in [2.45, 2.75) is 84.0 Å². The van der Waals surface area contributed by atoms with E-state index in [1.807, 2.05) is 0 Å². The number of ether oxygens (including phenoxy) is 1. The molecule has 0 aliphatic carbocycles. The van der Waals surface area contributed by atoms with E-state index in [1.165, 1.54) is 58.5 Å². The van der Waals surface area contributed by atoms with E-state index < -0.39 is 0 Å². The predicted octanol–water partition coefficient (Wildman–Crippen LogP) is 5.42. The smallest absolute Gasteiger partial charge is 0.305 e. The Bertz CT molecular complexity index is 221. The summed E-state index contributed by atoms with van der Waals surface area (Å²) in [5.41, 5.74) is 0. The highest BCUT2D eigenvalue weighted by molar-refractivity contribution is 5.68. The van der Waals surface area contributed by atoms with Crippen LogP contribution in [0.15, 0.2) is 12.2 Å². The zero-order valence-electron chi connectivity index (χ0n) is 13.0. The van der Waals surface area contributed by atoms with Gasteiger partial charge in [-0.05, 0) is 32.1 Å². The Hall–Kier alpha value is -0.790. The average molecular weight is 268 g/mol. The van der Waals surface area contributed by atoms with Gasteiger partial charge < -0.3 is 4.74 Å². The lowest BCUT2D eigenvalue weighted by molar-refractivity contribution is -0.140. The van der Waals surface area contributed by atoms with Crippen molar-refractivity contribution >= 4 is 5.97 Å². The van der Waals surface area contributed by atoms with E-state index in [2.05, 4.69) is 23.8 Å². The highest BCUT2D eigenvalue weighted by Gasteiger charge is 1.97. The highest BCUT2D eigenvalue weighted by Crippen LogP contribution is 2.08. The van der Waals surface area contributed by atoms with Gasteiger partial charge in [0.25, 0.3) is 0 Å². The second kappa shape index (κ2) is 15.3. The Kier molecular flexibility index (Phi) is 14.6. The quantitative estimate of drug-likeness (QED) is 0.253. The van der Waals surface area contributed by atoms with Gasteiger partial charge in [-0.25, -0.2) is 0 Å². The van der Waals surface area contributed by atoms with E-state index in [4.69, 9.17) is 0 Å². The molecule has 19 heavy (non-hydrogen) atoms. The molecule has 0 saturated carbocycles. The third-order valence-electron chi connectivity index (χ3n) is 3.37. The molecule has 0 aromatic carbocycles. The van der Waals surface area contributed by atoms with Crippen LogP contribution in [0.4, 0.5) is 0 Å². The summed E-state index contributed by atoms with van der Waals surface area (Å²) in [4.78, 5) is 10.9. The SMILES string of the molecule is CCCCCCCCC=CCCCCCC(=O)OC. The minimum absolute atomic E-state index is 0.0846. The van der Waals surface area contributed by atoms with Crippen molar-refractivity contribution < 1.29 is 9.53 Å². The summed E-state index contributed by atoms with van der Waals surface area (Å²) >= 11 is 0. The van der Waals surface area contributed by atoms with Crippen LogP contribution in [0.3, 0.4) is 0 Å². The third-order valence-corrected chi connectivity index (χ3v) is 3.37. The molecule has 0 aromatic heterocycles. The highest BCUT2D eigenvalue weighted by atomic mass is 16.5. The summed E-state index contributed by atoms with van der Waals surface area (Å²) in [6.45, 7) is 2.26. The van der Waals surface area contributed by atoms with Gasteiger partial charge in [0.1, 0.15) is 0 Å². The molecule has 0 rings (SSSR count). The standard InChI is InChI=1S/C17H32O2/c1-3-4-5-6-7-8-9-10-11-12-13-14-15-16-17(18)19-2/h10-11H,3-9,12-16H2,1-2H3. The Morgan fingerprint density at radius 2 is 1.37 bits per heavy atom. The first kappa shape index (κ1) is 18.2. The maximum atomic E-state index is 10.9. The van der Waals surface area contributed by atoms with Crippen LogP contribution in [0.25, 0.3) is 0 Å². The lowest BCUT2D eigenvalue weighted by Crippen LogP contribution is -1.98. The van der Waals surface area contributed by atoms with Crippen molar-refractivity contribution in [3.8, 4) is 0 Å². The van der Waals surface area contributed by atoms with Crippen LogP contribution in [-0.2, 0) is 9.53 Å². The second-order valence-electron chi connectivity index (χ2n) is 5.20. The zero-order chi connectivity index (χ0) is 14.2. The molecule has 0 aromatic rings. The number of hydrogen-bond acceptors (Lipinski definition) is 2. The van der Waals surface area contributed by atoms with Crippen LogP contribution >= 0.6 is 0 Å². The Balaban J connectivity index is 3.11. The van der Waals surface area contributed by atoms with E-state index in [1.54, 1.807) is 0 Å². The summed E-state index contributed by atoms with van der Waals surface area (Å²) in [7, 11) is 1.45. The molecule has 0 radical (unpaired) electrons. The summed E-state index contributed by atoms with van der Waals surface area (Å²) in [5.74, 6) is -0.0846. The van der Waals surface area contributed by atoms with Gasteiger partial charge >= 0.3 is 5.97 Å². The Labute approximate surface area is 119 Å². The maximum absolute atomic E-state index is 10.9. The molecule has 0 spiro atoms. The van der Waals surface area contributed by atoms with Crippen LogP contribution in [0.5, 0.6) is 0 Å². The fraction of sp³-hybridized carbons (Fsp3) is 0.824. The molecular formula is C17H32O2. The molecule has 0 saturated heterocycles. The van der Waals surface area contributed by atoms with E-state index in [0.29, 0.717) is 6.42 Å². The van der Waals surface area contributed by atoms with Gasteiger partial charge in [-0.2, -0.15) is 0 Å². The topological polar surface area (TPSA) is 26.3 Å². The summed E-state index contributed by atoms with van der Waals surface area (Å²) < 4.78 is 4.60. The van der Waals surface area contributed by atoms with Crippen LogP contribution < -0.4 is 0 Å².